The summed E-state index contributed by atoms with van der Waals surface area (Å²) in [5.41, 5.74) is 2.67. The molecule has 1 aliphatic rings. The number of hydrogen-bond acceptors (Lipinski definition) is 5. The lowest BCUT2D eigenvalue weighted by molar-refractivity contribution is 0.194. The molecule has 1 aliphatic heterocycles. The van der Waals surface area contributed by atoms with Crippen molar-refractivity contribution in [2.75, 3.05) is 37.6 Å². The third-order valence-corrected chi connectivity index (χ3v) is 5.44. The van der Waals surface area contributed by atoms with E-state index >= 15 is 0 Å². The summed E-state index contributed by atoms with van der Waals surface area (Å²) in [5.74, 6) is 1.58. The van der Waals surface area contributed by atoms with Gasteiger partial charge in [-0.25, -0.2) is 14.2 Å². The molecule has 1 fully saturated rings. The van der Waals surface area contributed by atoms with Crippen molar-refractivity contribution in [1.29, 1.82) is 0 Å². The van der Waals surface area contributed by atoms with E-state index in [-0.39, 0.29) is 6.03 Å². The summed E-state index contributed by atoms with van der Waals surface area (Å²) >= 11 is 0. The molecule has 2 amide bonds. The lowest BCUT2D eigenvalue weighted by Crippen LogP contribution is -2.52. The van der Waals surface area contributed by atoms with Crippen LogP contribution in [0.3, 0.4) is 0 Å². The quantitative estimate of drug-likeness (QED) is 0.571. The van der Waals surface area contributed by atoms with Gasteiger partial charge < -0.3 is 15.1 Å². The Bertz CT molecular complexity index is 1200. The normalized spacial score (nSPS) is 14.4. The number of nitrogens with one attached hydrogen (secondary N) is 1. The molecule has 1 saturated heterocycles. The fourth-order valence-electron chi connectivity index (χ4n) is 3.92. The van der Waals surface area contributed by atoms with Gasteiger partial charge in [-0.2, -0.15) is 0 Å². The predicted octanol–water partition coefficient (Wildman–Crippen LogP) is 2.80. The summed E-state index contributed by atoms with van der Waals surface area (Å²) in [5, 5.41) is 12.9. The topological polar surface area (TPSA) is 78.7 Å². The Morgan fingerprint density at radius 2 is 1.70 bits per heavy atom. The number of rotatable bonds is 3. The van der Waals surface area contributed by atoms with E-state index in [1.54, 1.807) is 0 Å². The molecule has 0 unspecified atom stereocenters. The highest BCUT2D eigenvalue weighted by Crippen LogP contribution is 2.28. The van der Waals surface area contributed by atoms with Gasteiger partial charge in [0.25, 0.3) is 0 Å². The van der Waals surface area contributed by atoms with E-state index in [4.69, 9.17) is 4.98 Å². The molecule has 1 N–H and O–H groups in total. The maximum absolute atomic E-state index is 12.2. The van der Waals surface area contributed by atoms with Gasteiger partial charge in [-0.05, 0) is 19.1 Å². The van der Waals surface area contributed by atoms with Crippen LogP contribution in [0.2, 0.25) is 0 Å². The zero-order valence-electron chi connectivity index (χ0n) is 16.8. The Labute approximate surface area is 174 Å². The number of benzene rings is 2. The second kappa shape index (κ2) is 7.62. The Hall–Kier alpha value is -3.68. The van der Waals surface area contributed by atoms with Crippen LogP contribution in [0, 0.1) is 0 Å². The summed E-state index contributed by atoms with van der Waals surface area (Å²) in [6.07, 6.45) is 0. The molecule has 0 radical (unpaired) electrons. The third kappa shape index (κ3) is 3.10. The Balaban J connectivity index is 1.60. The van der Waals surface area contributed by atoms with Gasteiger partial charge in [-0.1, -0.05) is 42.5 Å². The zero-order chi connectivity index (χ0) is 20.5. The van der Waals surface area contributed by atoms with Gasteiger partial charge in [0.05, 0.1) is 5.52 Å². The maximum atomic E-state index is 12.2. The number of piperazine rings is 1. The Kier molecular flexibility index (Phi) is 4.66. The molecule has 2 aromatic heterocycles. The van der Waals surface area contributed by atoms with Gasteiger partial charge in [-0.15, -0.1) is 10.2 Å². The number of amides is 2. The lowest BCUT2D eigenvalue weighted by atomic mass is 10.2. The highest BCUT2D eigenvalue weighted by atomic mass is 16.2. The van der Waals surface area contributed by atoms with Gasteiger partial charge in [0, 0.05) is 43.7 Å². The molecule has 2 aromatic carbocycles. The van der Waals surface area contributed by atoms with Crippen molar-refractivity contribution < 1.29 is 4.79 Å². The molecule has 0 atom stereocenters. The minimum Gasteiger partial charge on any atom is -0.338 e. The molecule has 0 aliphatic carbocycles. The molecule has 152 valence electrons. The number of carbonyl (C=O) groups is 1. The average molecular weight is 401 g/mol. The van der Waals surface area contributed by atoms with Crippen LogP contribution < -0.4 is 10.2 Å². The van der Waals surface area contributed by atoms with Crippen molar-refractivity contribution in [1.82, 2.24) is 29.8 Å². The average Bonchev–Trinajstić information content (AvgIpc) is 3.25. The monoisotopic (exact) mass is 401 g/mol. The molecule has 8 heteroatoms. The predicted molar refractivity (Wildman–Crippen MR) is 117 cm³/mol. The van der Waals surface area contributed by atoms with Crippen LogP contribution in [0.25, 0.3) is 27.9 Å². The molecular formula is C22H23N7O. The lowest BCUT2D eigenvalue weighted by Gasteiger charge is -2.35. The number of nitrogens with zero attached hydrogens (tertiary/aromatic N) is 6. The van der Waals surface area contributed by atoms with E-state index in [0.717, 1.165) is 33.9 Å². The molecule has 8 nitrogen and oxygen atoms in total. The van der Waals surface area contributed by atoms with E-state index in [1.807, 2.05) is 70.8 Å². The first-order chi connectivity index (χ1) is 14.8. The zero-order valence-corrected chi connectivity index (χ0v) is 16.8. The van der Waals surface area contributed by atoms with E-state index in [1.165, 1.54) is 0 Å². The van der Waals surface area contributed by atoms with Gasteiger partial charge in [-0.3, -0.25) is 0 Å². The highest BCUT2D eigenvalue weighted by molar-refractivity contribution is 5.93. The number of fused-ring (bicyclic) bond motifs is 3. The van der Waals surface area contributed by atoms with Crippen molar-refractivity contribution in [2.24, 2.45) is 0 Å². The van der Waals surface area contributed by atoms with Gasteiger partial charge in [0.15, 0.2) is 11.5 Å². The fraction of sp³-hybridized carbons (Fsp3) is 0.273. The van der Waals surface area contributed by atoms with E-state index in [2.05, 4.69) is 20.4 Å². The largest absolute Gasteiger partial charge is 0.338 e. The summed E-state index contributed by atoms with van der Waals surface area (Å²) < 4.78 is 2.04. The number of hydrogen-bond donors (Lipinski definition) is 1. The molecule has 0 spiro atoms. The molecular weight excluding hydrogens is 378 g/mol. The van der Waals surface area contributed by atoms with E-state index in [9.17, 15) is 4.79 Å². The van der Waals surface area contributed by atoms with E-state index in [0.29, 0.717) is 32.7 Å². The third-order valence-electron chi connectivity index (χ3n) is 5.44. The van der Waals surface area contributed by atoms with Gasteiger partial charge in [0.1, 0.15) is 0 Å². The van der Waals surface area contributed by atoms with E-state index < -0.39 is 0 Å². The summed E-state index contributed by atoms with van der Waals surface area (Å²) in [7, 11) is 0. The number of carbonyl (C=O) groups excluding carboxylic acids is 1. The van der Waals surface area contributed by atoms with Crippen LogP contribution >= 0.6 is 0 Å². The second-order valence-corrected chi connectivity index (χ2v) is 7.29. The molecule has 3 heterocycles. The van der Waals surface area contributed by atoms with Crippen LogP contribution in [0.15, 0.2) is 54.6 Å². The number of aromatic nitrogens is 4. The molecule has 30 heavy (non-hydrogen) atoms. The first-order valence-electron chi connectivity index (χ1n) is 10.2. The van der Waals surface area contributed by atoms with Crippen molar-refractivity contribution in [3.63, 3.8) is 0 Å². The van der Waals surface area contributed by atoms with Crippen LogP contribution in [0.5, 0.6) is 0 Å². The minimum atomic E-state index is -0.0111. The SMILES string of the molecule is CCNC(=O)N1CCN(c2nc3ccccc3c3nnc(-c4ccccc4)n23)CC1. The van der Waals surface area contributed by atoms with Crippen LogP contribution in [0.4, 0.5) is 10.7 Å². The summed E-state index contributed by atoms with van der Waals surface area (Å²) in [6, 6.07) is 18.0. The number of para-hydroxylation sites is 1. The van der Waals surface area contributed by atoms with Crippen molar-refractivity contribution in [3.8, 4) is 11.4 Å². The maximum Gasteiger partial charge on any atom is 0.317 e. The number of urea groups is 1. The smallest absolute Gasteiger partial charge is 0.317 e. The molecule has 5 rings (SSSR count). The van der Waals surface area contributed by atoms with Crippen LogP contribution in [-0.2, 0) is 0 Å². The molecule has 0 bridgehead atoms. The standard InChI is InChI=1S/C22H23N7O/c1-2-23-22(30)28-14-12-27(13-15-28)21-24-18-11-7-6-10-17(18)20-26-25-19(29(20)21)16-8-4-3-5-9-16/h3-11H,2,12-15H2,1H3,(H,23,30). The highest BCUT2D eigenvalue weighted by Gasteiger charge is 2.25. The van der Waals surface area contributed by atoms with Crippen molar-refractivity contribution in [3.05, 3.63) is 54.6 Å². The molecule has 4 aromatic rings. The minimum absolute atomic E-state index is 0.0111. The Morgan fingerprint density at radius 3 is 2.47 bits per heavy atom. The first-order valence-corrected chi connectivity index (χ1v) is 10.2. The second-order valence-electron chi connectivity index (χ2n) is 7.29. The Morgan fingerprint density at radius 1 is 0.967 bits per heavy atom. The summed E-state index contributed by atoms with van der Waals surface area (Å²) in [4.78, 5) is 21.2. The first kappa shape index (κ1) is 18.4. The van der Waals surface area contributed by atoms with Crippen LogP contribution in [-0.4, -0.2) is 63.2 Å². The van der Waals surface area contributed by atoms with Crippen molar-refractivity contribution in [2.45, 2.75) is 6.92 Å². The fourth-order valence-corrected chi connectivity index (χ4v) is 3.92. The van der Waals surface area contributed by atoms with Crippen molar-refractivity contribution >= 4 is 28.5 Å². The number of anilines is 1. The summed E-state index contributed by atoms with van der Waals surface area (Å²) in [6.45, 7) is 5.25. The van der Waals surface area contributed by atoms with Gasteiger partial charge in [0.2, 0.25) is 5.95 Å². The molecule has 0 saturated carbocycles. The van der Waals surface area contributed by atoms with Crippen LogP contribution in [0.1, 0.15) is 6.92 Å². The van der Waals surface area contributed by atoms with Gasteiger partial charge >= 0.3 is 6.03 Å².